The highest BCUT2D eigenvalue weighted by Gasteiger charge is 2.13. The van der Waals surface area contributed by atoms with E-state index in [1.807, 2.05) is 6.92 Å². The first-order valence-corrected chi connectivity index (χ1v) is 6.86. The quantitative estimate of drug-likeness (QED) is 0.622. The number of ether oxygens (including phenoxy) is 1. The van der Waals surface area contributed by atoms with Gasteiger partial charge in [0.05, 0.1) is 12.2 Å². The third kappa shape index (κ3) is 4.73. The van der Waals surface area contributed by atoms with E-state index in [-0.39, 0.29) is 11.1 Å². The summed E-state index contributed by atoms with van der Waals surface area (Å²) in [7, 11) is 0. The molecule has 1 rings (SSSR count). The molecule has 6 heteroatoms. The third-order valence-corrected chi connectivity index (χ3v) is 3.04. The average Bonchev–Trinajstić information content (AvgIpc) is 2.51. The second kappa shape index (κ2) is 7.97. The Morgan fingerprint density at radius 3 is 2.18 bits per heavy atom. The number of benzene rings is 1. The molecule has 0 radical (unpaired) electrons. The molecular weight excluding hydrogens is 286 g/mol. The summed E-state index contributed by atoms with van der Waals surface area (Å²) in [6.45, 7) is 5.07. The lowest BCUT2D eigenvalue weighted by Gasteiger charge is -2.08. The van der Waals surface area contributed by atoms with Crippen LogP contribution in [0.5, 0.6) is 0 Å². The van der Waals surface area contributed by atoms with E-state index in [1.165, 1.54) is 26.0 Å². The normalized spacial score (nSPS) is 11.4. The lowest BCUT2D eigenvalue weighted by molar-refractivity contribution is -0.133. The summed E-state index contributed by atoms with van der Waals surface area (Å²) in [5.74, 6) is -2.06. The lowest BCUT2D eigenvalue weighted by atomic mass is 10.1. The Morgan fingerprint density at radius 2 is 1.68 bits per heavy atom. The molecule has 0 fully saturated rings. The van der Waals surface area contributed by atoms with Gasteiger partial charge in [-0.2, -0.15) is 0 Å². The smallest absolute Gasteiger partial charge is 0.338 e. The van der Waals surface area contributed by atoms with Crippen LogP contribution in [0.4, 0.5) is 5.69 Å². The van der Waals surface area contributed by atoms with Crippen LogP contribution < -0.4 is 5.32 Å². The number of nitrogens with one attached hydrogen (secondary N) is 1. The van der Waals surface area contributed by atoms with Gasteiger partial charge in [0, 0.05) is 16.8 Å². The molecule has 6 nitrogen and oxygen atoms in total. The number of amides is 1. The van der Waals surface area contributed by atoms with E-state index >= 15 is 0 Å². The van der Waals surface area contributed by atoms with Gasteiger partial charge in [-0.05, 0) is 44.5 Å². The molecule has 1 amide bonds. The van der Waals surface area contributed by atoms with Crippen molar-refractivity contribution in [3.05, 3.63) is 41.0 Å². The number of anilines is 1. The molecule has 0 heterocycles. The summed E-state index contributed by atoms with van der Waals surface area (Å²) in [5.41, 5.74) is 0.964. The van der Waals surface area contributed by atoms with Crippen LogP contribution in [0.2, 0.25) is 0 Å². The van der Waals surface area contributed by atoms with Crippen molar-refractivity contribution in [3.8, 4) is 0 Å². The van der Waals surface area contributed by atoms with Crippen molar-refractivity contribution in [2.45, 2.75) is 27.2 Å². The van der Waals surface area contributed by atoms with E-state index < -0.39 is 17.8 Å². The van der Waals surface area contributed by atoms with Crippen LogP contribution in [-0.4, -0.2) is 29.6 Å². The van der Waals surface area contributed by atoms with E-state index in [4.69, 9.17) is 9.84 Å². The molecule has 0 aliphatic carbocycles. The first-order chi connectivity index (χ1) is 10.4. The Bertz CT molecular complexity index is 601. The maximum atomic E-state index is 11.9. The van der Waals surface area contributed by atoms with Gasteiger partial charge in [0.1, 0.15) is 0 Å². The zero-order valence-corrected chi connectivity index (χ0v) is 12.8. The molecule has 0 unspecified atom stereocenters. The molecule has 2 N–H and O–H groups in total. The number of carbonyl (C=O) groups excluding carboxylic acids is 2. The molecule has 0 saturated heterocycles. The standard InChI is InChI=1S/C16H19NO5/c1-4-9-22-16(21)12-5-7-13(8-6-12)17-14(18)10(2)11(3)15(19)20/h5-8H,4,9H2,1-3H3,(H,17,18)(H,19,20)/b11-10-. The summed E-state index contributed by atoms with van der Waals surface area (Å²) in [6.07, 6.45) is 0.744. The minimum atomic E-state index is -1.14. The molecule has 0 atom stereocenters. The number of carboxylic acid groups (broad SMARTS) is 1. The number of rotatable bonds is 6. The molecule has 1 aromatic carbocycles. The largest absolute Gasteiger partial charge is 0.478 e. The molecule has 0 spiro atoms. The molecule has 0 aromatic heterocycles. The van der Waals surface area contributed by atoms with Gasteiger partial charge in [-0.3, -0.25) is 4.79 Å². The third-order valence-electron chi connectivity index (χ3n) is 3.04. The van der Waals surface area contributed by atoms with Crippen molar-refractivity contribution < 1.29 is 24.2 Å². The van der Waals surface area contributed by atoms with Gasteiger partial charge in [-0.25, -0.2) is 9.59 Å². The van der Waals surface area contributed by atoms with Crippen molar-refractivity contribution in [2.24, 2.45) is 0 Å². The van der Waals surface area contributed by atoms with Gasteiger partial charge in [-0.1, -0.05) is 6.92 Å². The van der Waals surface area contributed by atoms with Crippen LogP contribution in [-0.2, 0) is 14.3 Å². The zero-order chi connectivity index (χ0) is 16.7. The van der Waals surface area contributed by atoms with Crippen LogP contribution in [0.15, 0.2) is 35.4 Å². The number of hydrogen-bond donors (Lipinski definition) is 2. The second-order valence-electron chi connectivity index (χ2n) is 4.72. The van der Waals surface area contributed by atoms with Gasteiger partial charge < -0.3 is 15.2 Å². The predicted octanol–water partition coefficient (Wildman–Crippen LogP) is 2.61. The summed E-state index contributed by atoms with van der Waals surface area (Å²) >= 11 is 0. The van der Waals surface area contributed by atoms with Gasteiger partial charge in [-0.15, -0.1) is 0 Å². The minimum Gasteiger partial charge on any atom is -0.478 e. The van der Waals surface area contributed by atoms with Crippen LogP contribution in [0.1, 0.15) is 37.6 Å². The van der Waals surface area contributed by atoms with Crippen LogP contribution >= 0.6 is 0 Å². The van der Waals surface area contributed by atoms with Gasteiger partial charge in [0.25, 0.3) is 5.91 Å². The highest BCUT2D eigenvalue weighted by molar-refractivity contribution is 6.08. The topological polar surface area (TPSA) is 92.7 Å². The Hall–Kier alpha value is -2.63. The van der Waals surface area contributed by atoms with Gasteiger partial charge in [0.2, 0.25) is 0 Å². The summed E-state index contributed by atoms with van der Waals surface area (Å²) in [4.78, 5) is 34.3. The maximum Gasteiger partial charge on any atom is 0.338 e. The molecule has 1 aromatic rings. The van der Waals surface area contributed by atoms with Gasteiger partial charge >= 0.3 is 11.9 Å². The fraction of sp³-hybridized carbons (Fsp3) is 0.312. The number of carbonyl (C=O) groups is 3. The molecule has 0 aliphatic rings. The molecule has 0 saturated carbocycles. The van der Waals surface area contributed by atoms with Crippen LogP contribution in [0, 0.1) is 0 Å². The number of hydrogen-bond acceptors (Lipinski definition) is 4. The monoisotopic (exact) mass is 305 g/mol. The van der Waals surface area contributed by atoms with E-state index in [0.29, 0.717) is 17.9 Å². The Labute approximate surface area is 128 Å². The number of carboxylic acids is 1. The van der Waals surface area contributed by atoms with Crippen molar-refractivity contribution in [2.75, 3.05) is 11.9 Å². The zero-order valence-electron chi connectivity index (χ0n) is 12.8. The van der Waals surface area contributed by atoms with E-state index in [0.717, 1.165) is 6.42 Å². The highest BCUT2D eigenvalue weighted by atomic mass is 16.5. The summed E-state index contributed by atoms with van der Waals surface area (Å²) in [5, 5.41) is 11.4. The summed E-state index contributed by atoms with van der Waals surface area (Å²) < 4.78 is 5.00. The SMILES string of the molecule is CCCOC(=O)c1ccc(NC(=O)/C(C)=C(/C)C(=O)O)cc1. The van der Waals surface area contributed by atoms with Crippen molar-refractivity contribution in [3.63, 3.8) is 0 Å². The van der Waals surface area contributed by atoms with Crippen LogP contribution in [0.25, 0.3) is 0 Å². The Balaban J connectivity index is 2.76. The molecule has 0 bridgehead atoms. The predicted molar refractivity (Wildman–Crippen MR) is 81.7 cm³/mol. The Morgan fingerprint density at radius 1 is 1.09 bits per heavy atom. The lowest BCUT2D eigenvalue weighted by Crippen LogP contribution is -2.16. The average molecular weight is 305 g/mol. The van der Waals surface area contributed by atoms with Crippen molar-refractivity contribution in [1.82, 2.24) is 0 Å². The summed E-state index contributed by atoms with van der Waals surface area (Å²) in [6, 6.07) is 6.20. The van der Waals surface area contributed by atoms with Crippen LogP contribution in [0.3, 0.4) is 0 Å². The van der Waals surface area contributed by atoms with Crippen molar-refractivity contribution >= 4 is 23.5 Å². The molecule has 0 aliphatic heterocycles. The fourth-order valence-electron chi connectivity index (χ4n) is 1.52. The number of esters is 1. The number of aliphatic carboxylic acids is 1. The Kier molecular flexibility index (Phi) is 6.31. The molecular formula is C16H19NO5. The first kappa shape index (κ1) is 17.4. The first-order valence-electron chi connectivity index (χ1n) is 6.86. The molecule has 118 valence electrons. The minimum absolute atomic E-state index is 0.0164. The van der Waals surface area contributed by atoms with E-state index in [1.54, 1.807) is 12.1 Å². The van der Waals surface area contributed by atoms with E-state index in [9.17, 15) is 14.4 Å². The highest BCUT2D eigenvalue weighted by Crippen LogP contribution is 2.13. The maximum absolute atomic E-state index is 11.9. The van der Waals surface area contributed by atoms with Gasteiger partial charge in [0.15, 0.2) is 0 Å². The second-order valence-corrected chi connectivity index (χ2v) is 4.72. The fourth-order valence-corrected chi connectivity index (χ4v) is 1.52. The van der Waals surface area contributed by atoms with Crippen molar-refractivity contribution in [1.29, 1.82) is 0 Å². The van der Waals surface area contributed by atoms with E-state index in [2.05, 4.69) is 5.32 Å². The molecule has 22 heavy (non-hydrogen) atoms.